The van der Waals surface area contributed by atoms with Crippen molar-refractivity contribution in [1.29, 1.82) is 0 Å². The molecule has 1 aliphatic heterocycles. The van der Waals surface area contributed by atoms with Crippen LogP contribution in [0.15, 0.2) is 35.0 Å². The minimum Gasteiger partial charge on any atom is -0.465 e. The normalized spacial score (nSPS) is 16.3. The van der Waals surface area contributed by atoms with Gasteiger partial charge in [-0.15, -0.1) is 0 Å². The second-order valence-corrected chi connectivity index (χ2v) is 8.85. The molecule has 1 aliphatic rings. The number of rotatable bonds is 11. The SMILES string of the molecule is CCCCCCCCCCn1ccc2ccc(-c3noc(C4CCCN4C(=O)O)n3)cc21. The van der Waals surface area contributed by atoms with E-state index in [4.69, 9.17) is 4.52 Å². The second-order valence-electron chi connectivity index (χ2n) is 8.85. The molecule has 3 heterocycles. The van der Waals surface area contributed by atoms with Crippen LogP contribution < -0.4 is 0 Å². The van der Waals surface area contributed by atoms with Gasteiger partial charge in [-0.1, -0.05) is 69.2 Å². The molecule has 4 rings (SSSR count). The first-order valence-electron chi connectivity index (χ1n) is 12.1. The predicted molar refractivity (Wildman–Crippen MR) is 125 cm³/mol. The summed E-state index contributed by atoms with van der Waals surface area (Å²) < 4.78 is 7.77. The summed E-state index contributed by atoms with van der Waals surface area (Å²) in [5.41, 5.74) is 2.06. The minimum absolute atomic E-state index is 0.344. The van der Waals surface area contributed by atoms with E-state index in [0.29, 0.717) is 24.7 Å². The van der Waals surface area contributed by atoms with E-state index in [1.807, 2.05) is 6.07 Å². The first kappa shape index (κ1) is 22.4. The van der Waals surface area contributed by atoms with Crippen LogP contribution in [0.2, 0.25) is 0 Å². The highest BCUT2D eigenvalue weighted by atomic mass is 16.5. The van der Waals surface area contributed by atoms with Gasteiger partial charge in [0.15, 0.2) is 0 Å². The Kier molecular flexibility index (Phi) is 7.45. The number of aryl methyl sites for hydroxylation is 1. The van der Waals surface area contributed by atoms with Crippen LogP contribution in [0.1, 0.15) is 83.1 Å². The van der Waals surface area contributed by atoms with Gasteiger partial charge in [-0.05, 0) is 36.8 Å². The molecule has 1 fully saturated rings. The molecule has 1 N–H and O–H groups in total. The molecule has 1 saturated heterocycles. The molecule has 3 aromatic rings. The van der Waals surface area contributed by atoms with Crippen molar-refractivity contribution in [3.63, 3.8) is 0 Å². The number of carboxylic acid groups (broad SMARTS) is 1. The molecule has 1 unspecified atom stereocenters. The molecule has 0 bridgehead atoms. The Morgan fingerprint density at radius 1 is 1.12 bits per heavy atom. The molecule has 1 aromatic carbocycles. The van der Waals surface area contributed by atoms with Crippen molar-refractivity contribution in [2.75, 3.05) is 6.54 Å². The van der Waals surface area contributed by atoms with E-state index in [9.17, 15) is 9.90 Å². The Morgan fingerprint density at radius 3 is 2.69 bits per heavy atom. The summed E-state index contributed by atoms with van der Waals surface area (Å²) in [6.07, 6.45) is 13.2. The zero-order valence-electron chi connectivity index (χ0n) is 19.0. The van der Waals surface area contributed by atoms with Gasteiger partial charge in [-0.25, -0.2) is 4.79 Å². The third-order valence-electron chi connectivity index (χ3n) is 6.51. The molecule has 32 heavy (non-hydrogen) atoms. The van der Waals surface area contributed by atoms with Gasteiger partial charge in [-0.2, -0.15) is 4.98 Å². The van der Waals surface area contributed by atoms with E-state index in [0.717, 1.165) is 18.5 Å². The van der Waals surface area contributed by atoms with Gasteiger partial charge in [0.1, 0.15) is 6.04 Å². The quantitative estimate of drug-likeness (QED) is 0.339. The summed E-state index contributed by atoms with van der Waals surface area (Å²) in [7, 11) is 0. The van der Waals surface area contributed by atoms with E-state index >= 15 is 0 Å². The third kappa shape index (κ3) is 5.14. The van der Waals surface area contributed by atoms with Gasteiger partial charge >= 0.3 is 6.09 Å². The molecule has 172 valence electrons. The van der Waals surface area contributed by atoms with Crippen LogP contribution in [-0.2, 0) is 6.54 Å². The monoisotopic (exact) mass is 438 g/mol. The number of likely N-dealkylation sites (tertiary alicyclic amines) is 1. The van der Waals surface area contributed by atoms with Crippen LogP contribution in [-0.4, -0.2) is 37.4 Å². The summed E-state index contributed by atoms with van der Waals surface area (Å²) in [5.74, 6) is 0.897. The summed E-state index contributed by atoms with van der Waals surface area (Å²) in [6.45, 7) is 3.78. The lowest BCUT2D eigenvalue weighted by atomic mass is 10.1. The Labute approximate surface area is 189 Å². The first-order chi connectivity index (χ1) is 15.7. The lowest BCUT2D eigenvalue weighted by Crippen LogP contribution is -2.28. The van der Waals surface area contributed by atoms with E-state index in [-0.39, 0.29) is 6.04 Å². The van der Waals surface area contributed by atoms with Gasteiger partial charge in [0.2, 0.25) is 11.7 Å². The number of amides is 1. The van der Waals surface area contributed by atoms with Crippen molar-refractivity contribution >= 4 is 17.0 Å². The van der Waals surface area contributed by atoms with Gasteiger partial charge < -0.3 is 14.2 Å². The predicted octanol–water partition coefficient (Wildman–Crippen LogP) is 6.65. The lowest BCUT2D eigenvalue weighted by molar-refractivity contribution is 0.131. The van der Waals surface area contributed by atoms with E-state index in [1.54, 1.807) is 0 Å². The topological polar surface area (TPSA) is 84.4 Å². The number of hydrogen-bond acceptors (Lipinski definition) is 4. The molecular weight excluding hydrogens is 404 g/mol. The number of hydrogen-bond donors (Lipinski definition) is 1. The standard InChI is InChI=1S/C25H34N4O3/c1-2-3-4-5-6-7-8-9-15-28-17-14-19-12-13-20(18-22(19)28)23-26-24(32-27-23)21-11-10-16-29(21)25(30)31/h12-14,17-18,21H,2-11,15-16H2,1H3,(H,30,31). The van der Waals surface area contributed by atoms with Crippen LogP contribution in [0.3, 0.4) is 0 Å². The molecule has 0 radical (unpaired) electrons. The maximum absolute atomic E-state index is 11.4. The van der Waals surface area contributed by atoms with Crippen molar-refractivity contribution < 1.29 is 14.4 Å². The smallest absolute Gasteiger partial charge is 0.407 e. The van der Waals surface area contributed by atoms with Crippen LogP contribution in [0.25, 0.3) is 22.3 Å². The van der Waals surface area contributed by atoms with Crippen LogP contribution in [0.4, 0.5) is 4.79 Å². The van der Waals surface area contributed by atoms with Crippen LogP contribution in [0.5, 0.6) is 0 Å². The second kappa shape index (κ2) is 10.7. The molecule has 0 spiro atoms. The fourth-order valence-corrected chi connectivity index (χ4v) is 4.67. The van der Waals surface area contributed by atoms with Crippen molar-refractivity contribution in [3.05, 3.63) is 36.4 Å². The molecule has 0 saturated carbocycles. The molecule has 0 aliphatic carbocycles. The highest BCUT2D eigenvalue weighted by Crippen LogP contribution is 2.32. The third-order valence-corrected chi connectivity index (χ3v) is 6.51. The Balaban J connectivity index is 1.39. The molecule has 7 heteroatoms. The number of unbranched alkanes of at least 4 members (excludes halogenated alkanes) is 7. The minimum atomic E-state index is -0.938. The van der Waals surface area contributed by atoms with E-state index in [2.05, 4.69) is 46.0 Å². The number of carbonyl (C=O) groups is 1. The average Bonchev–Trinajstić information content (AvgIpc) is 3.54. The molecule has 7 nitrogen and oxygen atoms in total. The van der Waals surface area contributed by atoms with Gasteiger partial charge in [0, 0.05) is 30.4 Å². The molecule has 1 atom stereocenters. The fourth-order valence-electron chi connectivity index (χ4n) is 4.67. The van der Waals surface area contributed by atoms with Gasteiger partial charge in [0.25, 0.3) is 0 Å². The molecule has 1 amide bonds. The highest BCUT2D eigenvalue weighted by Gasteiger charge is 2.34. The summed E-state index contributed by atoms with van der Waals surface area (Å²) >= 11 is 0. The maximum atomic E-state index is 11.4. The maximum Gasteiger partial charge on any atom is 0.407 e. The summed E-state index contributed by atoms with van der Waals surface area (Å²) in [4.78, 5) is 17.4. The Bertz CT molecular complexity index is 1030. The number of fused-ring (bicyclic) bond motifs is 1. The Morgan fingerprint density at radius 2 is 1.91 bits per heavy atom. The Hall–Kier alpha value is -2.83. The number of nitrogens with zero attached hydrogens (tertiary/aromatic N) is 4. The fraction of sp³-hybridized carbons (Fsp3) is 0.560. The summed E-state index contributed by atoms with van der Waals surface area (Å²) in [5, 5.41) is 14.7. The molecule has 2 aromatic heterocycles. The average molecular weight is 439 g/mol. The van der Waals surface area contributed by atoms with Crippen molar-refractivity contribution in [2.45, 2.75) is 83.7 Å². The van der Waals surface area contributed by atoms with E-state index in [1.165, 1.54) is 67.2 Å². The lowest BCUT2D eigenvalue weighted by Gasteiger charge is -2.17. The van der Waals surface area contributed by atoms with Crippen molar-refractivity contribution in [3.8, 4) is 11.4 Å². The zero-order valence-corrected chi connectivity index (χ0v) is 19.0. The first-order valence-corrected chi connectivity index (χ1v) is 12.1. The van der Waals surface area contributed by atoms with Gasteiger partial charge in [0.05, 0.1) is 0 Å². The van der Waals surface area contributed by atoms with Crippen molar-refractivity contribution in [1.82, 2.24) is 19.6 Å². The largest absolute Gasteiger partial charge is 0.465 e. The number of aromatic nitrogens is 3. The van der Waals surface area contributed by atoms with E-state index < -0.39 is 6.09 Å². The summed E-state index contributed by atoms with van der Waals surface area (Å²) in [6, 6.07) is 8.00. The van der Waals surface area contributed by atoms with Crippen LogP contribution >= 0.6 is 0 Å². The molecular formula is C25H34N4O3. The zero-order chi connectivity index (χ0) is 22.3. The van der Waals surface area contributed by atoms with Crippen LogP contribution in [0, 0.1) is 0 Å². The van der Waals surface area contributed by atoms with Gasteiger partial charge in [-0.3, -0.25) is 4.90 Å². The number of benzene rings is 1. The highest BCUT2D eigenvalue weighted by molar-refractivity contribution is 5.84. The van der Waals surface area contributed by atoms with Crippen molar-refractivity contribution in [2.24, 2.45) is 0 Å².